The minimum atomic E-state index is -1.09. The molecule has 0 atom stereocenters. The number of carboxylic acid groups (broad SMARTS) is 1. The highest BCUT2D eigenvalue weighted by Crippen LogP contribution is 2.23. The van der Waals surface area contributed by atoms with Crippen LogP contribution in [0.4, 0.5) is 10.5 Å². The highest BCUT2D eigenvalue weighted by atomic mass is 127. The number of rotatable bonds is 4. The van der Waals surface area contributed by atoms with E-state index in [0.717, 1.165) is 8.47 Å². The molecular formula is C12H12INO4. The van der Waals surface area contributed by atoms with Crippen molar-refractivity contribution in [2.24, 2.45) is 0 Å². The lowest BCUT2D eigenvalue weighted by atomic mass is 10.1. The lowest BCUT2D eigenvalue weighted by Crippen LogP contribution is -2.28. The van der Waals surface area contributed by atoms with Gasteiger partial charge in [-0.1, -0.05) is 12.7 Å². The quantitative estimate of drug-likeness (QED) is 0.662. The van der Waals surface area contributed by atoms with Crippen LogP contribution in [0.2, 0.25) is 0 Å². The zero-order valence-electron chi connectivity index (χ0n) is 9.72. The molecule has 0 saturated carbocycles. The van der Waals surface area contributed by atoms with Gasteiger partial charge in [0.25, 0.3) is 0 Å². The molecule has 0 aliphatic carbocycles. The van der Waals surface area contributed by atoms with Crippen LogP contribution < -0.4 is 4.90 Å². The molecule has 1 aromatic rings. The number of ether oxygens (including phenoxy) is 1. The molecule has 6 heteroatoms. The number of halogens is 1. The number of hydrogen-bond donors (Lipinski definition) is 1. The van der Waals surface area contributed by atoms with Gasteiger partial charge in [0, 0.05) is 10.6 Å². The first-order valence-electron chi connectivity index (χ1n) is 5.01. The van der Waals surface area contributed by atoms with Crippen LogP contribution in [0, 0.1) is 3.57 Å². The number of carbonyl (C=O) groups excluding carboxylic acids is 1. The Morgan fingerprint density at radius 3 is 2.78 bits per heavy atom. The van der Waals surface area contributed by atoms with Crippen molar-refractivity contribution in [2.45, 2.75) is 0 Å². The molecule has 0 radical (unpaired) electrons. The topological polar surface area (TPSA) is 66.8 Å². The Hall–Kier alpha value is -1.57. The van der Waals surface area contributed by atoms with Crippen molar-refractivity contribution in [3.05, 3.63) is 40.0 Å². The molecule has 1 amide bonds. The first-order chi connectivity index (χ1) is 8.47. The van der Waals surface area contributed by atoms with Crippen molar-refractivity contribution in [2.75, 3.05) is 18.6 Å². The second kappa shape index (κ2) is 6.39. The number of carboxylic acids is 1. The summed E-state index contributed by atoms with van der Waals surface area (Å²) in [6.07, 6.45) is 0.817. The van der Waals surface area contributed by atoms with Crippen molar-refractivity contribution in [1.29, 1.82) is 0 Å². The van der Waals surface area contributed by atoms with E-state index in [2.05, 4.69) is 6.58 Å². The molecular weight excluding hydrogens is 349 g/mol. The minimum Gasteiger partial charge on any atom is -0.478 e. The van der Waals surface area contributed by atoms with Crippen molar-refractivity contribution in [3.63, 3.8) is 0 Å². The molecule has 0 bridgehead atoms. The fourth-order valence-corrected chi connectivity index (χ4v) is 1.76. The number of amides is 1. The fourth-order valence-electron chi connectivity index (χ4n) is 1.29. The average Bonchev–Trinajstić information content (AvgIpc) is 2.34. The van der Waals surface area contributed by atoms with Crippen LogP contribution in [0.1, 0.15) is 10.4 Å². The standard InChI is InChI=1S/C12H12INO4/c1-3-6-18-12(17)14(2)10-7-8(13)4-5-9(10)11(15)16/h3-5,7H,1,6H2,2H3,(H,15,16). The van der Waals surface area contributed by atoms with Crippen LogP contribution in [0.5, 0.6) is 0 Å². The van der Waals surface area contributed by atoms with Gasteiger partial charge in [-0.15, -0.1) is 0 Å². The number of hydrogen-bond acceptors (Lipinski definition) is 3. The molecule has 5 nitrogen and oxygen atoms in total. The van der Waals surface area contributed by atoms with Gasteiger partial charge in [0.2, 0.25) is 0 Å². The highest BCUT2D eigenvalue weighted by molar-refractivity contribution is 14.1. The molecule has 0 aliphatic heterocycles. The summed E-state index contributed by atoms with van der Waals surface area (Å²) >= 11 is 2.04. The number of benzene rings is 1. The predicted octanol–water partition coefficient (Wildman–Crippen LogP) is 2.75. The van der Waals surface area contributed by atoms with Gasteiger partial charge in [-0.05, 0) is 40.8 Å². The second-order valence-electron chi connectivity index (χ2n) is 3.39. The van der Waals surface area contributed by atoms with Crippen LogP contribution in [-0.4, -0.2) is 30.8 Å². The Morgan fingerprint density at radius 2 is 2.22 bits per heavy atom. The van der Waals surface area contributed by atoms with Gasteiger partial charge < -0.3 is 9.84 Å². The van der Waals surface area contributed by atoms with Gasteiger partial charge in [-0.25, -0.2) is 9.59 Å². The molecule has 0 aliphatic rings. The molecule has 0 aromatic heterocycles. The molecule has 18 heavy (non-hydrogen) atoms. The van der Waals surface area contributed by atoms with E-state index in [1.54, 1.807) is 12.1 Å². The zero-order chi connectivity index (χ0) is 13.7. The third kappa shape index (κ3) is 3.46. The summed E-state index contributed by atoms with van der Waals surface area (Å²) in [7, 11) is 1.46. The summed E-state index contributed by atoms with van der Waals surface area (Å²) in [4.78, 5) is 23.9. The Bertz CT molecular complexity index is 487. The van der Waals surface area contributed by atoms with Gasteiger partial charge in [0.05, 0.1) is 11.3 Å². The first kappa shape index (κ1) is 14.5. The van der Waals surface area contributed by atoms with E-state index in [0.29, 0.717) is 5.69 Å². The van der Waals surface area contributed by atoms with Crippen molar-refractivity contribution in [1.82, 2.24) is 0 Å². The van der Waals surface area contributed by atoms with Gasteiger partial charge >= 0.3 is 12.1 Å². The van der Waals surface area contributed by atoms with Crippen LogP contribution in [0.25, 0.3) is 0 Å². The number of aromatic carboxylic acids is 1. The molecule has 1 rings (SSSR count). The number of carbonyl (C=O) groups is 2. The summed E-state index contributed by atoms with van der Waals surface area (Å²) in [5.41, 5.74) is 0.344. The Balaban J connectivity index is 3.06. The number of anilines is 1. The molecule has 0 unspecified atom stereocenters. The Kier molecular flexibility index (Phi) is 5.14. The zero-order valence-corrected chi connectivity index (χ0v) is 11.9. The Labute approximate surface area is 118 Å². The third-order valence-electron chi connectivity index (χ3n) is 2.15. The van der Waals surface area contributed by atoms with E-state index >= 15 is 0 Å². The fraction of sp³-hybridized carbons (Fsp3) is 0.167. The third-order valence-corrected chi connectivity index (χ3v) is 2.82. The van der Waals surface area contributed by atoms with E-state index in [1.807, 2.05) is 22.6 Å². The average molecular weight is 361 g/mol. The molecule has 0 fully saturated rings. The predicted molar refractivity (Wildman–Crippen MR) is 76.1 cm³/mol. The molecule has 1 N–H and O–H groups in total. The normalized spacial score (nSPS) is 9.67. The molecule has 1 aromatic carbocycles. The van der Waals surface area contributed by atoms with E-state index in [4.69, 9.17) is 9.84 Å². The van der Waals surface area contributed by atoms with Crippen molar-refractivity contribution in [3.8, 4) is 0 Å². The summed E-state index contributed by atoms with van der Waals surface area (Å²) < 4.78 is 5.69. The lowest BCUT2D eigenvalue weighted by Gasteiger charge is -2.18. The smallest absolute Gasteiger partial charge is 0.414 e. The summed E-state index contributed by atoms with van der Waals surface area (Å²) in [5.74, 6) is -1.09. The molecule has 0 heterocycles. The van der Waals surface area contributed by atoms with Crippen LogP contribution in [-0.2, 0) is 4.74 Å². The number of nitrogens with zero attached hydrogens (tertiary/aromatic N) is 1. The van der Waals surface area contributed by atoms with Gasteiger partial charge in [0.1, 0.15) is 6.61 Å². The second-order valence-corrected chi connectivity index (χ2v) is 4.64. The van der Waals surface area contributed by atoms with Crippen molar-refractivity contribution >= 4 is 40.3 Å². The monoisotopic (exact) mass is 361 g/mol. The SMILES string of the molecule is C=CCOC(=O)N(C)c1cc(I)ccc1C(=O)O. The van der Waals surface area contributed by atoms with Crippen molar-refractivity contribution < 1.29 is 19.4 Å². The van der Waals surface area contributed by atoms with Gasteiger partial charge in [-0.2, -0.15) is 0 Å². The summed E-state index contributed by atoms with van der Waals surface area (Å²) in [6, 6.07) is 4.73. The van der Waals surface area contributed by atoms with Gasteiger partial charge in [-0.3, -0.25) is 4.90 Å². The van der Waals surface area contributed by atoms with Gasteiger partial charge in [0.15, 0.2) is 0 Å². The van der Waals surface area contributed by atoms with E-state index in [9.17, 15) is 9.59 Å². The molecule has 96 valence electrons. The maximum Gasteiger partial charge on any atom is 0.414 e. The first-order valence-corrected chi connectivity index (χ1v) is 6.09. The summed E-state index contributed by atoms with van der Waals surface area (Å²) in [6.45, 7) is 3.51. The molecule has 0 spiro atoms. The van der Waals surface area contributed by atoms with Crippen LogP contribution in [0.15, 0.2) is 30.9 Å². The minimum absolute atomic E-state index is 0.0495. The Morgan fingerprint density at radius 1 is 1.56 bits per heavy atom. The van der Waals surface area contributed by atoms with E-state index in [1.165, 1.54) is 19.2 Å². The maximum absolute atomic E-state index is 11.6. The highest BCUT2D eigenvalue weighted by Gasteiger charge is 2.19. The maximum atomic E-state index is 11.6. The van der Waals surface area contributed by atoms with E-state index < -0.39 is 12.1 Å². The lowest BCUT2D eigenvalue weighted by molar-refractivity contribution is 0.0697. The summed E-state index contributed by atoms with van der Waals surface area (Å²) in [5, 5.41) is 9.07. The van der Waals surface area contributed by atoms with Crippen LogP contribution >= 0.6 is 22.6 Å². The molecule has 0 saturated heterocycles. The van der Waals surface area contributed by atoms with Crippen LogP contribution in [0.3, 0.4) is 0 Å². The largest absolute Gasteiger partial charge is 0.478 e. The van der Waals surface area contributed by atoms with E-state index in [-0.39, 0.29) is 12.2 Å².